The van der Waals surface area contributed by atoms with Gasteiger partial charge in [-0.15, -0.1) is 0 Å². The third kappa shape index (κ3) is 7.36. The lowest BCUT2D eigenvalue weighted by molar-refractivity contribution is -0.127. The first kappa shape index (κ1) is 16.1. The zero-order valence-electron chi connectivity index (χ0n) is 10.8. The first-order chi connectivity index (χ1) is 7.30. The van der Waals surface area contributed by atoms with Gasteiger partial charge in [0.25, 0.3) is 0 Å². The minimum atomic E-state index is -0.0447. The van der Waals surface area contributed by atoms with Crippen LogP contribution >= 0.6 is 22.6 Å². The number of hydrogen-bond donors (Lipinski definition) is 0. The van der Waals surface area contributed by atoms with Crippen molar-refractivity contribution in [2.45, 2.75) is 53.4 Å². The topological polar surface area (TPSA) is 34.1 Å². The molecular weight excluding hydrogens is 315 g/mol. The molecule has 0 saturated carbocycles. The van der Waals surface area contributed by atoms with E-state index in [4.69, 9.17) is 0 Å². The highest BCUT2D eigenvalue weighted by Crippen LogP contribution is 2.23. The summed E-state index contributed by atoms with van der Waals surface area (Å²) in [6, 6.07) is 0. The third-order valence-electron chi connectivity index (χ3n) is 2.43. The monoisotopic (exact) mass is 338 g/mol. The van der Waals surface area contributed by atoms with Crippen LogP contribution in [0.25, 0.3) is 0 Å². The lowest BCUT2D eigenvalue weighted by Crippen LogP contribution is -2.22. The van der Waals surface area contributed by atoms with Gasteiger partial charge in [-0.05, 0) is 11.8 Å². The molecule has 0 aromatic rings. The lowest BCUT2D eigenvalue weighted by Gasteiger charge is -2.19. The summed E-state index contributed by atoms with van der Waals surface area (Å²) in [6.45, 7) is 8.22. The number of rotatable bonds is 7. The predicted molar refractivity (Wildman–Crippen MR) is 76.0 cm³/mol. The van der Waals surface area contributed by atoms with Gasteiger partial charge in [-0.3, -0.25) is 9.59 Å². The largest absolute Gasteiger partial charge is 0.300 e. The number of alkyl halides is 1. The van der Waals surface area contributed by atoms with Gasteiger partial charge in [0.1, 0.15) is 11.6 Å². The van der Waals surface area contributed by atoms with Crippen molar-refractivity contribution in [3.05, 3.63) is 0 Å². The van der Waals surface area contributed by atoms with Crippen LogP contribution in [0.1, 0.15) is 53.4 Å². The standard InChI is InChI=1S/C13H23IO2/c1-5-6-10(12(16)9-14)7-11(15)8-13(2,3)4/h10H,5-9H2,1-4H3. The first-order valence-corrected chi connectivity index (χ1v) is 7.43. The molecule has 0 aromatic carbocycles. The second kappa shape index (κ2) is 7.41. The summed E-state index contributed by atoms with van der Waals surface area (Å²) in [5.74, 6) is 0.408. The van der Waals surface area contributed by atoms with Crippen molar-refractivity contribution in [3.8, 4) is 0 Å². The highest BCUT2D eigenvalue weighted by Gasteiger charge is 2.23. The molecule has 2 nitrogen and oxygen atoms in total. The molecule has 0 aromatic heterocycles. The molecule has 0 aliphatic rings. The summed E-state index contributed by atoms with van der Waals surface area (Å²) in [5, 5.41) is 0. The molecule has 0 aliphatic heterocycles. The highest BCUT2D eigenvalue weighted by molar-refractivity contribution is 14.1. The Morgan fingerprint density at radius 3 is 2.19 bits per heavy atom. The summed E-state index contributed by atoms with van der Waals surface area (Å²) in [4.78, 5) is 23.5. The molecule has 0 radical (unpaired) electrons. The van der Waals surface area contributed by atoms with E-state index in [9.17, 15) is 9.59 Å². The van der Waals surface area contributed by atoms with Crippen molar-refractivity contribution < 1.29 is 9.59 Å². The van der Waals surface area contributed by atoms with E-state index in [1.807, 2.05) is 0 Å². The maximum absolute atomic E-state index is 11.8. The molecule has 0 rings (SSSR count). The Morgan fingerprint density at radius 1 is 1.25 bits per heavy atom. The molecule has 94 valence electrons. The quantitative estimate of drug-likeness (QED) is 0.523. The van der Waals surface area contributed by atoms with Crippen LogP contribution in [0.2, 0.25) is 0 Å². The molecule has 1 unspecified atom stereocenters. The molecule has 0 saturated heterocycles. The Morgan fingerprint density at radius 2 is 1.81 bits per heavy atom. The summed E-state index contributed by atoms with van der Waals surface area (Å²) < 4.78 is 0.519. The lowest BCUT2D eigenvalue weighted by atomic mass is 9.85. The predicted octanol–water partition coefficient (Wildman–Crippen LogP) is 3.80. The Balaban J connectivity index is 4.29. The van der Waals surface area contributed by atoms with Crippen LogP contribution in [-0.2, 0) is 9.59 Å². The number of hydrogen-bond acceptors (Lipinski definition) is 2. The van der Waals surface area contributed by atoms with E-state index in [1.165, 1.54) is 0 Å². The van der Waals surface area contributed by atoms with Crippen molar-refractivity contribution in [2.24, 2.45) is 11.3 Å². The minimum Gasteiger partial charge on any atom is -0.300 e. The van der Waals surface area contributed by atoms with Crippen molar-refractivity contribution >= 4 is 34.2 Å². The van der Waals surface area contributed by atoms with Gasteiger partial charge >= 0.3 is 0 Å². The zero-order chi connectivity index (χ0) is 12.8. The summed E-state index contributed by atoms with van der Waals surface area (Å²) in [7, 11) is 0. The number of halogens is 1. The van der Waals surface area contributed by atoms with Crippen LogP contribution in [0.15, 0.2) is 0 Å². The van der Waals surface area contributed by atoms with E-state index in [-0.39, 0.29) is 22.9 Å². The smallest absolute Gasteiger partial charge is 0.146 e. The summed E-state index contributed by atoms with van der Waals surface area (Å²) in [6.07, 6.45) is 2.82. The molecule has 0 spiro atoms. The van der Waals surface area contributed by atoms with E-state index in [1.54, 1.807) is 0 Å². The van der Waals surface area contributed by atoms with Crippen LogP contribution < -0.4 is 0 Å². The fraction of sp³-hybridized carbons (Fsp3) is 0.846. The molecule has 0 amide bonds. The van der Waals surface area contributed by atoms with Crippen molar-refractivity contribution in [1.82, 2.24) is 0 Å². The van der Waals surface area contributed by atoms with E-state index in [0.29, 0.717) is 17.3 Å². The highest BCUT2D eigenvalue weighted by atomic mass is 127. The maximum Gasteiger partial charge on any atom is 0.146 e. The average Bonchev–Trinajstić information content (AvgIpc) is 2.13. The number of Topliss-reactive ketones (excluding diaryl/α,β-unsaturated/α-hetero) is 2. The van der Waals surface area contributed by atoms with Gasteiger partial charge in [-0.25, -0.2) is 0 Å². The number of ketones is 2. The summed E-state index contributed by atoms with van der Waals surface area (Å²) in [5.41, 5.74) is 0.0290. The van der Waals surface area contributed by atoms with E-state index < -0.39 is 0 Å². The maximum atomic E-state index is 11.8. The van der Waals surface area contributed by atoms with Gasteiger partial charge < -0.3 is 0 Å². The molecule has 1 atom stereocenters. The Labute approximate surface area is 113 Å². The van der Waals surface area contributed by atoms with Gasteiger partial charge in [0.2, 0.25) is 0 Å². The van der Waals surface area contributed by atoms with Crippen molar-refractivity contribution in [1.29, 1.82) is 0 Å². The van der Waals surface area contributed by atoms with Crippen LogP contribution in [0.4, 0.5) is 0 Å². The van der Waals surface area contributed by atoms with Gasteiger partial charge in [0, 0.05) is 18.8 Å². The van der Waals surface area contributed by atoms with Crippen LogP contribution in [-0.4, -0.2) is 16.0 Å². The molecule has 0 fully saturated rings. The van der Waals surface area contributed by atoms with Gasteiger partial charge in [-0.2, -0.15) is 0 Å². The van der Waals surface area contributed by atoms with E-state index in [2.05, 4.69) is 50.3 Å². The van der Waals surface area contributed by atoms with E-state index >= 15 is 0 Å². The molecule has 16 heavy (non-hydrogen) atoms. The number of carbonyl (C=O) groups excluding carboxylic acids is 2. The molecular formula is C13H23IO2. The SMILES string of the molecule is CCCC(CC(=O)CC(C)(C)C)C(=O)CI. The molecule has 0 heterocycles. The Bertz CT molecular complexity index is 241. The van der Waals surface area contributed by atoms with Crippen LogP contribution in [0, 0.1) is 11.3 Å². The fourth-order valence-electron chi connectivity index (χ4n) is 1.77. The second-order valence-corrected chi connectivity index (χ2v) is 6.33. The average molecular weight is 338 g/mol. The van der Waals surface area contributed by atoms with Crippen molar-refractivity contribution in [2.75, 3.05) is 4.43 Å². The summed E-state index contributed by atoms with van der Waals surface area (Å²) >= 11 is 2.08. The number of carbonyl (C=O) groups is 2. The first-order valence-electron chi connectivity index (χ1n) is 5.90. The van der Waals surface area contributed by atoms with Gasteiger partial charge in [0.05, 0.1) is 4.43 Å². The second-order valence-electron chi connectivity index (χ2n) is 5.57. The van der Waals surface area contributed by atoms with Gasteiger partial charge in [0.15, 0.2) is 0 Å². The normalized spacial score (nSPS) is 13.6. The molecule has 3 heteroatoms. The van der Waals surface area contributed by atoms with Gasteiger partial charge in [-0.1, -0.05) is 56.7 Å². The van der Waals surface area contributed by atoms with Crippen LogP contribution in [0.5, 0.6) is 0 Å². The van der Waals surface area contributed by atoms with E-state index in [0.717, 1.165) is 12.8 Å². The zero-order valence-corrected chi connectivity index (χ0v) is 13.0. The molecule has 0 aliphatic carbocycles. The molecule has 0 bridgehead atoms. The third-order valence-corrected chi connectivity index (χ3v) is 3.18. The molecule has 0 N–H and O–H groups in total. The Kier molecular flexibility index (Phi) is 7.44. The Hall–Kier alpha value is 0.0700. The van der Waals surface area contributed by atoms with Crippen molar-refractivity contribution in [3.63, 3.8) is 0 Å². The fourth-order valence-corrected chi connectivity index (χ4v) is 2.40. The van der Waals surface area contributed by atoms with Crippen LogP contribution in [0.3, 0.4) is 0 Å². The minimum absolute atomic E-state index is 0.0290.